The van der Waals surface area contributed by atoms with Crippen LogP contribution in [0.2, 0.25) is 0 Å². The summed E-state index contributed by atoms with van der Waals surface area (Å²) in [6.07, 6.45) is 5.97. The molecule has 0 saturated carbocycles. The number of rotatable bonds is 9. The molecule has 29 heavy (non-hydrogen) atoms. The molecule has 0 aromatic heterocycles. The predicted molar refractivity (Wildman–Crippen MR) is 119 cm³/mol. The second-order valence-electron chi connectivity index (χ2n) is 9.38. The van der Waals surface area contributed by atoms with Gasteiger partial charge in [-0.2, -0.15) is 0 Å². The summed E-state index contributed by atoms with van der Waals surface area (Å²) in [4.78, 5) is 2.24. The van der Waals surface area contributed by atoms with Crippen LogP contribution in [0, 0.1) is 5.82 Å². The Labute approximate surface area is 176 Å². The first-order valence-corrected chi connectivity index (χ1v) is 12.6. The molecular weight excluding hydrogens is 389 g/mol. The van der Waals surface area contributed by atoms with Gasteiger partial charge in [0.15, 0.2) is 9.84 Å². The van der Waals surface area contributed by atoms with Crippen LogP contribution in [0.4, 0.5) is 10.1 Å². The molecule has 2 atom stereocenters. The van der Waals surface area contributed by atoms with E-state index in [2.05, 4.69) is 18.7 Å². The van der Waals surface area contributed by atoms with E-state index in [0.29, 0.717) is 0 Å². The van der Waals surface area contributed by atoms with Gasteiger partial charge in [-0.1, -0.05) is 25.3 Å². The lowest BCUT2D eigenvalue weighted by molar-refractivity contribution is -0.00528. The zero-order chi connectivity index (χ0) is 21.7. The van der Waals surface area contributed by atoms with Crippen molar-refractivity contribution in [3.63, 3.8) is 0 Å². The van der Waals surface area contributed by atoms with Crippen molar-refractivity contribution < 1.29 is 17.5 Å². The average molecular weight is 428 g/mol. The molecule has 0 radical (unpaired) electrons. The maximum absolute atomic E-state index is 13.9. The van der Waals surface area contributed by atoms with Crippen LogP contribution in [0.1, 0.15) is 72.3 Å². The summed E-state index contributed by atoms with van der Waals surface area (Å²) in [6, 6.07) is 5.10. The third kappa shape index (κ3) is 7.25. The van der Waals surface area contributed by atoms with Gasteiger partial charge in [0.2, 0.25) is 0 Å². The highest BCUT2D eigenvalue weighted by Crippen LogP contribution is 2.27. The molecular formula is C23H38FNO3S. The summed E-state index contributed by atoms with van der Waals surface area (Å²) >= 11 is 0. The second-order valence-corrected chi connectivity index (χ2v) is 12.2. The number of hydrogen-bond acceptors (Lipinski definition) is 4. The van der Waals surface area contributed by atoms with Crippen LogP contribution in [0.5, 0.6) is 0 Å². The van der Waals surface area contributed by atoms with Gasteiger partial charge in [-0.05, 0) is 71.6 Å². The minimum absolute atomic E-state index is 0.138. The molecule has 0 spiro atoms. The first-order valence-electron chi connectivity index (χ1n) is 10.9. The fourth-order valence-electron chi connectivity index (χ4n) is 3.86. The van der Waals surface area contributed by atoms with Crippen LogP contribution < -0.4 is 4.90 Å². The Morgan fingerprint density at radius 3 is 2.24 bits per heavy atom. The Kier molecular flexibility index (Phi) is 8.53. The zero-order valence-electron chi connectivity index (χ0n) is 18.7. The highest BCUT2D eigenvalue weighted by Gasteiger charge is 2.28. The monoisotopic (exact) mass is 427 g/mol. The fourth-order valence-corrected chi connectivity index (χ4v) is 5.06. The van der Waals surface area contributed by atoms with Crippen LogP contribution in [0.3, 0.4) is 0 Å². The quantitative estimate of drug-likeness (QED) is 0.512. The lowest BCUT2D eigenvalue weighted by Gasteiger charge is -2.38. The summed E-state index contributed by atoms with van der Waals surface area (Å²) in [5, 5.41) is 0. The molecule has 0 aliphatic carbocycles. The van der Waals surface area contributed by atoms with E-state index < -0.39 is 14.6 Å². The van der Waals surface area contributed by atoms with Crippen LogP contribution in [0.15, 0.2) is 18.2 Å². The van der Waals surface area contributed by atoms with E-state index in [4.69, 9.17) is 4.74 Å². The average Bonchev–Trinajstić information content (AvgIpc) is 2.60. The highest BCUT2D eigenvalue weighted by molar-refractivity contribution is 7.92. The summed E-state index contributed by atoms with van der Waals surface area (Å²) < 4.78 is 43.3. The van der Waals surface area contributed by atoms with Crippen LogP contribution in [-0.4, -0.2) is 44.2 Å². The third-order valence-electron chi connectivity index (χ3n) is 5.60. The van der Waals surface area contributed by atoms with Gasteiger partial charge in [0.1, 0.15) is 5.82 Å². The standard InChI is InChI=1S/C23H38FNO3S/c1-18-16-25(17-19(2)28-18)22-15-21(24)13-12-20(22)11-9-7-6-8-10-14-29(26,27)23(3,4)5/h12-13,15,18-19H,6-11,14,16-17H2,1-5H3/t18-,19+. The van der Waals surface area contributed by atoms with Crippen LogP contribution in [0.25, 0.3) is 0 Å². The molecule has 1 aliphatic heterocycles. The van der Waals surface area contributed by atoms with Gasteiger partial charge in [-0.25, -0.2) is 12.8 Å². The maximum Gasteiger partial charge on any atom is 0.155 e. The number of aryl methyl sites for hydroxylation is 1. The maximum atomic E-state index is 13.9. The van der Waals surface area contributed by atoms with E-state index in [1.54, 1.807) is 32.9 Å². The van der Waals surface area contributed by atoms with Gasteiger partial charge in [-0.3, -0.25) is 0 Å². The molecule has 0 unspecified atom stereocenters. The molecule has 1 fully saturated rings. The number of morpholine rings is 1. The molecule has 1 aliphatic rings. The first kappa shape index (κ1) is 24.1. The van der Waals surface area contributed by atoms with E-state index in [1.165, 1.54) is 5.56 Å². The SMILES string of the molecule is C[C@@H]1CN(c2cc(F)ccc2CCCCCCCS(=O)(=O)C(C)(C)C)C[C@H](C)O1. The molecule has 0 bridgehead atoms. The minimum atomic E-state index is -3.02. The zero-order valence-corrected chi connectivity index (χ0v) is 19.5. The molecule has 6 heteroatoms. The van der Waals surface area contributed by atoms with Crippen LogP contribution in [-0.2, 0) is 21.0 Å². The van der Waals surface area contributed by atoms with Gasteiger partial charge < -0.3 is 9.64 Å². The Hall–Kier alpha value is -1.14. The van der Waals surface area contributed by atoms with Gasteiger partial charge in [0, 0.05) is 18.8 Å². The Bertz CT molecular complexity index is 748. The van der Waals surface area contributed by atoms with E-state index in [-0.39, 0.29) is 23.8 Å². The number of ether oxygens (including phenoxy) is 1. The van der Waals surface area contributed by atoms with Crippen molar-refractivity contribution in [3.05, 3.63) is 29.6 Å². The van der Waals surface area contributed by atoms with E-state index in [1.807, 2.05) is 6.07 Å². The molecule has 1 saturated heterocycles. The normalized spacial score (nSPS) is 20.8. The number of sulfone groups is 1. The predicted octanol–water partition coefficient (Wildman–Crippen LogP) is 5.15. The van der Waals surface area contributed by atoms with E-state index in [0.717, 1.165) is 57.3 Å². The molecule has 2 rings (SSSR count). The molecule has 4 nitrogen and oxygen atoms in total. The number of unbranched alkanes of at least 4 members (excludes halogenated alkanes) is 4. The number of nitrogens with zero attached hydrogens (tertiary/aromatic N) is 1. The summed E-state index contributed by atoms with van der Waals surface area (Å²) in [6.45, 7) is 11.0. The van der Waals surface area contributed by atoms with E-state index in [9.17, 15) is 12.8 Å². The first-order chi connectivity index (χ1) is 13.5. The number of halogens is 1. The second kappa shape index (κ2) is 10.3. The van der Waals surface area contributed by atoms with Crippen molar-refractivity contribution in [3.8, 4) is 0 Å². The lowest BCUT2D eigenvalue weighted by atomic mass is 10.0. The number of anilines is 1. The number of benzene rings is 1. The Balaban J connectivity index is 1.81. The van der Waals surface area contributed by atoms with Gasteiger partial charge in [-0.15, -0.1) is 0 Å². The molecule has 1 aromatic rings. The Morgan fingerprint density at radius 1 is 1.03 bits per heavy atom. The van der Waals surface area contributed by atoms with Gasteiger partial charge in [0.25, 0.3) is 0 Å². The largest absolute Gasteiger partial charge is 0.372 e. The van der Waals surface area contributed by atoms with Gasteiger partial charge >= 0.3 is 0 Å². The Morgan fingerprint density at radius 2 is 1.62 bits per heavy atom. The smallest absolute Gasteiger partial charge is 0.155 e. The summed E-state index contributed by atoms with van der Waals surface area (Å²) in [5.74, 6) is 0.0713. The molecule has 0 N–H and O–H groups in total. The number of hydrogen-bond donors (Lipinski definition) is 0. The van der Waals surface area contributed by atoms with Crippen LogP contribution >= 0.6 is 0 Å². The molecule has 1 aromatic carbocycles. The van der Waals surface area contributed by atoms with Crippen molar-refractivity contribution in [2.75, 3.05) is 23.7 Å². The molecule has 166 valence electrons. The fraction of sp³-hybridized carbons (Fsp3) is 0.739. The third-order valence-corrected chi connectivity index (χ3v) is 8.29. The lowest BCUT2D eigenvalue weighted by Crippen LogP contribution is -2.45. The minimum Gasteiger partial charge on any atom is -0.372 e. The van der Waals surface area contributed by atoms with E-state index >= 15 is 0 Å². The van der Waals surface area contributed by atoms with Crippen molar-refractivity contribution in [1.29, 1.82) is 0 Å². The van der Waals surface area contributed by atoms with Crippen molar-refractivity contribution in [2.24, 2.45) is 0 Å². The summed E-state index contributed by atoms with van der Waals surface area (Å²) in [7, 11) is -3.02. The van der Waals surface area contributed by atoms with Gasteiger partial charge in [0.05, 0.1) is 22.7 Å². The molecule has 1 heterocycles. The molecule has 0 amide bonds. The van der Waals surface area contributed by atoms with Crippen molar-refractivity contribution >= 4 is 15.5 Å². The highest BCUT2D eigenvalue weighted by atomic mass is 32.2. The topological polar surface area (TPSA) is 46.6 Å². The van der Waals surface area contributed by atoms with Crippen molar-refractivity contribution in [2.45, 2.75) is 90.1 Å². The summed E-state index contributed by atoms with van der Waals surface area (Å²) in [5.41, 5.74) is 2.17. The van der Waals surface area contributed by atoms with Crippen molar-refractivity contribution in [1.82, 2.24) is 0 Å².